The molecule has 2 fully saturated rings. The van der Waals surface area contributed by atoms with Gasteiger partial charge >= 0.3 is 18.1 Å². The van der Waals surface area contributed by atoms with E-state index >= 15 is 0 Å². The Kier molecular flexibility index (Phi) is 13.6. The number of carbonyl (C=O) groups excluding carboxylic acids is 1. The lowest BCUT2D eigenvalue weighted by molar-refractivity contribution is -0.284. The highest BCUT2D eigenvalue weighted by molar-refractivity contribution is 7.84. The van der Waals surface area contributed by atoms with Crippen LogP contribution in [0.5, 0.6) is 5.75 Å². The summed E-state index contributed by atoms with van der Waals surface area (Å²) in [4.78, 5) is 12.6. The SMILES string of the molecule is CC(C)[C@H](N)C(=O)Oc1ccc2c(c1)C[C@@H](CCCCCCCCCS(=O)CCCC(F)(F)C(F)(F)F)[C@@H]1[C@@H]2CC[C@]2(C)[C@@H](O)CC[C@@H]12. The summed E-state index contributed by atoms with van der Waals surface area (Å²) in [7, 11) is -1.38. The number of aliphatic hydroxyl groups is 1. The van der Waals surface area contributed by atoms with Crippen molar-refractivity contribution in [2.24, 2.45) is 34.8 Å². The van der Waals surface area contributed by atoms with E-state index in [9.17, 15) is 36.1 Å². The van der Waals surface area contributed by atoms with Crippen LogP contribution in [-0.4, -0.2) is 51.0 Å². The van der Waals surface area contributed by atoms with Gasteiger partial charge in [0, 0.05) is 28.7 Å². The number of alkyl halides is 5. The molecule has 8 atom stereocenters. The number of fused-ring (bicyclic) bond motifs is 5. The van der Waals surface area contributed by atoms with Gasteiger partial charge in [-0.2, -0.15) is 22.0 Å². The van der Waals surface area contributed by atoms with Crippen LogP contribution in [0.3, 0.4) is 0 Å². The van der Waals surface area contributed by atoms with Crippen molar-refractivity contribution in [1.29, 1.82) is 0 Å². The molecule has 0 aliphatic heterocycles. The van der Waals surface area contributed by atoms with E-state index in [0.717, 1.165) is 77.0 Å². The lowest BCUT2D eigenvalue weighted by Gasteiger charge is -2.53. The number of esters is 1. The molecule has 3 aliphatic carbocycles. The van der Waals surface area contributed by atoms with Crippen LogP contribution in [0.4, 0.5) is 22.0 Å². The van der Waals surface area contributed by atoms with Gasteiger partial charge in [0.2, 0.25) is 0 Å². The molecular formula is C37H56F5NO4S. The van der Waals surface area contributed by atoms with E-state index in [4.69, 9.17) is 10.5 Å². The van der Waals surface area contributed by atoms with E-state index in [1.807, 2.05) is 26.0 Å². The summed E-state index contributed by atoms with van der Waals surface area (Å²) in [6, 6.07) is 5.44. The van der Waals surface area contributed by atoms with E-state index in [1.165, 1.54) is 11.1 Å². The quantitative estimate of drug-likeness (QED) is 0.0732. The monoisotopic (exact) mass is 705 g/mol. The molecule has 0 bridgehead atoms. The maximum absolute atomic E-state index is 13.0. The Morgan fingerprint density at radius 2 is 1.65 bits per heavy atom. The Morgan fingerprint density at radius 3 is 2.31 bits per heavy atom. The normalized spacial score (nSPS) is 28.4. The third-order valence-corrected chi connectivity index (χ3v) is 13.2. The average Bonchev–Trinajstić information content (AvgIpc) is 3.32. The Morgan fingerprint density at radius 1 is 1.00 bits per heavy atom. The smallest absolute Gasteiger partial charge is 0.425 e. The van der Waals surface area contributed by atoms with E-state index < -0.39 is 47.8 Å². The number of hydrogen-bond donors (Lipinski definition) is 2. The van der Waals surface area contributed by atoms with Crippen molar-refractivity contribution >= 4 is 16.8 Å². The van der Waals surface area contributed by atoms with Gasteiger partial charge in [-0.3, -0.25) is 4.21 Å². The molecule has 1 aromatic rings. The minimum absolute atomic E-state index is 0.0122. The molecule has 11 heteroatoms. The molecule has 2 saturated carbocycles. The molecule has 274 valence electrons. The minimum Gasteiger partial charge on any atom is -0.425 e. The Labute approximate surface area is 285 Å². The van der Waals surface area contributed by atoms with Crippen molar-refractivity contribution in [3.05, 3.63) is 29.3 Å². The molecule has 1 unspecified atom stereocenters. The first-order valence-electron chi connectivity index (χ1n) is 18.1. The largest absolute Gasteiger partial charge is 0.453 e. The molecule has 48 heavy (non-hydrogen) atoms. The van der Waals surface area contributed by atoms with Gasteiger partial charge in [-0.25, -0.2) is 4.79 Å². The lowest BCUT2D eigenvalue weighted by Crippen LogP contribution is -2.47. The number of ether oxygens (including phenoxy) is 1. The van der Waals surface area contributed by atoms with Crippen LogP contribution in [0.1, 0.15) is 128 Å². The summed E-state index contributed by atoms with van der Waals surface area (Å²) < 4.78 is 80.6. The highest BCUT2D eigenvalue weighted by Gasteiger charge is 2.57. The van der Waals surface area contributed by atoms with Crippen LogP contribution in [-0.2, 0) is 22.0 Å². The lowest BCUT2D eigenvalue weighted by atomic mass is 9.52. The number of halogens is 5. The predicted octanol–water partition coefficient (Wildman–Crippen LogP) is 8.87. The van der Waals surface area contributed by atoms with Gasteiger partial charge < -0.3 is 15.6 Å². The van der Waals surface area contributed by atoms with Crippen molar-refractivity contribution in [2.45, 2.75) is 147 Å². The Hall–Kier alpha value is -1.59. The highest BCUT2D eigenvalue weighted by Crippen LogP contribution is 2.62. The summed E-state index contributed by atoms with van der Waals surface area (Å²) in [5, 5.41) is 11.0. The second kappa shape index (κ2) is 16.6. The fraction of sp³-hybridized carbons (Fsp3) is 0.811. The zero-order valence-electron chi connectivity index (χ0n) is 28.8. The second-order valence-corrected chi connectivity index (χ2v) is 17.1. The second-order valence-electron chi connectivity index (χ2n) is 15.4. The minimum atomic E-state index is -5.56. The Bertz CT molecular complexity index is 1240. The molecule has 4 rings (SSSR count). The molecular weight excluding hydrogens is 649 g/mol. The fourth-order valence-corrected chi connectivity index (χ4v) is 9.99. The van der Waals surface area contributed by atoms with Crippen molar-refractivity contribution in [3.63, 3.8) is 0 Å². The fourth-order valence-electron chi connectivity index (χ4n) is 8.79. The molecule has 0 saturated heterocycles. The van der Waals surface area contributed by atoms with Gasteiger partial charge in [0.05, 0.1) is 6.10 Å². The van der Waals surface area contributed by atoms with Crippen LogP contribution in [0.2, 0.25) is 0 Å². The molecule has 3 N–H and O–H groups in total. The molecule has 5 nitrogen and oxygen atoms in total. The van der Waals surface area contributed by atoms with Crippen LogP contribution in [0.25, 0.3) is 0 Å². The third kappa shape index (κ3) is 9.39. The standard InChI is InChI=1S/C37H56F5NO4S/c1-24(2)33(43)34(45)47-27-13-14-28-26(23-27)22-25(32-29(28)17-19-35(3)30(32)15-16-31(35)44)12-9-7-5-4-6-8-10-20-48(46)21-11-18-36(38,39)37(40,41)42/h13-14,23-25,29-33,44H,4-12,15-22,43H2,1-3H3/t25-,29-,30+,31+,32-,33+,35+,48?/m1/s1. The van der Waals surface area contributed by atoms with Gasteiger partial charge in [0.25, 0.3) is 0 Å². The maximum atomic E-state index is 13.0. The zero-order valence-corrected chi connectivity index (χ0v) is 29.7. The molecule has 0 radical (unpaired) electrons. The van der Waals surface area contributed by atoms with Crippen molar-refractivity contribution in [1.82, 2.24) is 0 Å². The number of hydrogen-bond acceptors (Lipinski definition) is 5. The number of nitrogens with two attached hydrogens (primary N) is 1. The van der Waals surface area contributed by atoms with Crippen LogP contribution < -0.4 is 10.5 Å². The topological polar surface area (TPSA) is 89.6 Å². The van der Waals surface area contributed by atoms with Gasteiger partial charge in [0.1, 0.15) is 11.8 Å². The molecule has 0 aromatic heterocycles. The summed E-state index contributed by atoms with van der Waals surface area (Å²) in [6.07, 6.45) is 5.41. The number of rotatable bonds is 17. The summed E-state index contributed by atoms with van der Waals surface area (Å²) >= 11 is 0. The molecule has 1 aromatic carbocycles. The van der Waals surface area contributed by atoms with E-state index in [0.29, 0.717) is 41.6 Å². The number of benzene rings is 1. The molecule has 0 amide bonds. The van der Waals surface area contributed by atoms with Crippen molar-refractivity contribution < 1.29 is 40.8 Å². The maximum Gasteiger partial charge on any atom is 0.453 e. The summed E-state index contributed by atoms with van der Waals surface area (Å²) in [6.45, 7) is 6.09. The highest BCUT2D eigenvalue weighted by atomic mass is 32.2. The number of carbonyl (C=O) groups is 1. The zero-order chi connectivity index (χ0) is 35.3. The average molecular weight is 706 g/mol. The van der Waals surface area contributed by atoms with E-state index in [2.05, 4.69) is 13.0 Å². The molecule has 0 heterocycles. The number of aliphatic hydroxyl groups excluding tert-OH is 1. The third-order valence-electron chi connectivity index (χ3n) is 11.8. The van der Waals surface area contributed by atoms with Gasteiger partial charge in [-0.1, -0.05) is 65.4 Å². The van der Waals surface area contributed by atoms with Gasteiger partial charge in [-0.05, 0) is 110 Å². The van der Waals surface area contributed by atoms with E-state index in [-0.39, 0.29) is 23.2 Å². The van der Waals surface area contributed by atoms with Crippen LogP contribution in [0.15, 0.2) is 18.2 Å². The van der Waals surface area contributed by atoms with E-state index in [1.54, 1.807) is 0 Å². The molecule has 0 spiro atoms. The van der Waals surface area contributed by atoms with Crippen LogP contribution >= 0.6 is 0 Å². The first-order valence-corrected chi connectivity index (χ1v) is 19.6. The van der Waals surface area contributed by atoms with Gasteiger partial charge in [0.15, 0.2) is 0 Å². The van der Waals surface area contributed by atoms with Crippen LogP contribution in [0, 0.1) is 29.1 Å². The predicted molar refractivity (Wildman–Crippen MR) is 179 cm³/mol. The summed E-state index contributed by atoms with van der Waals surface area (Å²) in [5.41, 5.74) is 8.64. The first kappa shape index (κ1) is 39.2. The molecule has 3 aliphatic rings. The van der Waals surface area contributed by atoms with Crippen molar-refractivity contribution in [3.8, 4) is 5.75 Å². The van der Waals surface area contributed by atoms with Gasteiger partial charge in [-0.15, -0.1) is 0 Å². The summed E-state index contributed by atoms with van der Waals surface area (Å²) in [5.74, 6) is -2.43. The number of unbranched alkanes of at least 4 members (excludes halogenated alkanes) is 6. The van der Waals surface area contributed by atoms with Crippen molar-refractivity contribution in [2.75, 3.05) is 11.5 Å². The Balaban J connectivity index is 1.24. The first-order chi connectivity index (χ1) is 22.5.